The lowest BCUT2D eigenvalue weighted by Crippen LogP contribution is -2.40. The summed E-state index contributed by atoms with van der Waals surface area (Å²) in [7, 11) is 0. The van der Waals surface area contributed by atoms with Crippen LogP contribution < -0.4 is 5.32 Å². The Morgan fingerprint density at radius 2 is 1.89 bits per heavy atom. The number of aryl methyl sites for hydroxylation is 2. The average molecular weight is 259 g/mol. The molecule has 0 unspecified atom stereocenters. The van der Waals surface area contributed by atoms with Crippen LogP contribution in [0, 0.1) is 13.8 Å². The maximum Gasteiger partial charge on any atom is 0.0958 e. The fourth-order valence-corrected chi connectivity index (χ4v) is 2.13. The van der Waals surface area contributed by atoms with E-state index in [1.165, 1.54) is 16.6 Å². The molecule has 1 aromatic heterocycles. The van der Waals surface area contributed by atoms with Gasteiger partial charge in [0, 0.05) is 18.6 Å². The molecule has 2 aromatic rings. The van der Waals surface area contributed by atoms with Crippen molar-refractivity contribution in [2.45, 2.75) is 53.1 Å². The fourth-order valence-electron chi connectivity index (χ4n) is 2.13. The van der Waals surface area contributed by atoms with Crippen LogP contribution in [0.2, 0.25) is 0 Å². The molecule has 19 heavy (non-hydrogen) atoms. The Labute approximate surface area is 116 Å². The van der Waals surface area contributed by atoms with E-state index < -0.39 is 0 Å². The van der Waals surface area contributed by atoms with Gasteiger partial charge in [-0.1, -0.05) is 6.92 Å². The zero-order chi connectivity index (χ0) is 14.0. The SMILES string of the molecule is CCC(C)(C)NCCn1cnc2cc(C)c(C)cc21. The van der Waals surface area contributed by atoms with Gasteiger partial charge < -0.3 is 9.88 Å². The predicted octanol–water partition coefficient (Wildman–Crippen LogP) is 3.43. The Kier molecular flexibility index (Phi) is 3.95. The molecule has 3 heteroatoms. The first kappa shape index (κ1) is 14.1. The molecule has 0 aliphatic carbocycles. The molecule has 104 valence electrons. The van der Waals surface area contributed by atoms with E-state index in [-0.39, 0.29) is 5.54 Å². The van der Waals surface area contributed by atoms with Crippen molar-refractivity contribution in [3.63, 3.8) is 0 Å². The lowest BCUT2D eigenvalue weighted by Gasteiger charge is -2.24. The van der Waals surface area contributed by atoms with Crippen LogP contribution in [0.3, 0.4) is 0 Å². The van der Waals surface area contributed by atoms with Gasteiger partial charge in [-0.2, -0.15) is 0 Å². The molecule has 0 saturated heterocycles. The topological polar surface area (TPSA) is 29.9 Å². The Hall–Kier alpha value is -1.35. The summed E-state index contributed by atoms with van der Waals surface area (Å²) >= 11 is 0. The van der Waals surface area contributed by atoms with Crippen LogP contribution in [-0.2, 0) is 6.54 Å². The number of aromatic nitrogens is 2. The van der Waals surface area contributed by atoms with E-state index in [0.29, 0.717) is 0 Å². The molecule has 0 aliphatic rings. The summed E-state index contributed by atoms with van der Waals surface area (Å²) in [6.07, 6.45) is 3.08. The highest BCUT2D eigenvalue weighted by Gasteiger charge is 2.13. The Bertz CT molecular complexity index is 567. The third-order valence-corrected chi connectivity index (χ3v) is 4.08. The van der Waals surface area contributed by atoms with Crippen molar-refractivity contribution in [3.05, 3.63) is 29.6 Å². The quantitative estimate of drug-likeness (QED) is 0.891. The number of fused-ring (bicyclic) bond motifs is 1. The van der Waals surface area contributed by atoms with Gasteiger partial charge in [0.2, 0.25) is 0 Å². The second kappa shape index (κ2) is 5.33. The van der Waals surface area contributed by atoms with Crippen molar-refractivity contribution >= 4 is 11.0 Å². The van der Waals surface area contributed by atoms with E-state index in [1.807, 2.05) is 6.33 Å². The monoisotopic (exact) mass is 259 g/mol. The summed E-state index contributed by atoms with van der Waals surface area (Å²) < 4.78 is 2.24. The molecule has 0 spiro atoms. The van der Waals surface area contributed by atoms with Gasteiger partial charge in [-0.25, -0.2) is 4.98 Å². The minimum Gasteiger partial charge on any atom is -0.329 e. The maximum absolute atomic E-state index is 4.49. The normalized spacial score (nSPS) is 12.3. The molecule has 0 atom stereocenters. The highest BCUT2D eigenvalue weighted by Crippen LogP contribution is 2.18. The molecule has 0 aliphatic heterocycles. The van der Waals surface area contributed by atoms with Crippen LogP contribution in [0.15, 0.2) is 18.5 Å². The number of nitrogens with zero attached hydrogens (tertiary/aromatic N) is 2. The molecule has 0 fully saturated rings. The van der Waals surface area contributed by atoms with Crippen molar-refractivity contribution in [1.82, 2.24) is 14.9 Å². The molecule has 2 rings (SSSR count). The number of nitrogens with one attached hydrogen (secondary N) is 1. The van der Waals surface area contributed by atoms with E-state index >= 15 is 0 Å². The standard InChI is InChI=1S/C16H25N3/c1-6-16(4,5)18-7-8-19-11-17-14-9-12(2)13(3)10-15(14)19/h9-11,18H,6-8H2,1-5H3. The second-order valence-electron chi connectivity index (χ2n) is 6.03. The minimum atomic E-state index is 0.211. The fraction of sp³-hybridized carbons (Fsp3) is 0.562. The lowest BCUT2D eigenvalue weighted by atomic mass is 10.0. The molecular formula is C16H25N3. The zero-order valence-electron chi connectivity index (χ0n) is 12.7. The van der Waals surface area contributed by atoms with Gasteiger partial charge in [0.1, 0.15) is 0 Å². The van der Waals surface area contributed by atoms with Gasteiger partial charge in [0.25, 0.3) is 0 Å². The molecule has 0 radical (unpaired) electrons. The first-order chi connectivity index (χ1) is 8.93. The van der Waals surface area contributed by atoms with Gasteiger partial charge in [-0.05, 0) is 57.4 Å². The first-order valence-corrected chi connectivity index (χ1v) is 7.10. The van der Waals surface area contributed by atoms with Gasteiger partial charge in [-0.15, -0.1) is 0 Å². The van der Waals surface area contributed by atoms with E-state index in [1.54, 1.807) is 0 Å². The molecule has 0 saturated carbocycles. The van der Waals surface area contributed by atoms with Crippen LogP contribution in [0.1, 0.15) is 38.3 Å². The molecule has 1 aromatic carbocycles. The van der Waals surface area contributed by atoms with Gasteiger partial charge in [0.15, 0.2) is 0 Å². The molecular weight excluding hydrogens is 234 g/mol. The Morgan fingerprint density at radius 3 is 2.58 bits per heavy atom. The Balaban J connectivity index is 2.11. The summed E-state index contributed by atoms with van der Waals surface area (Å²) in [5.74, 6) is 0. The summed E-state index contributed by atoms with van der Waals surface area (Å²) in [4.78, 5) is 4.49. The summed E-state index contributed by atoms with van der Waals surface area (Å²) in [6, 6.07) is 4.41. The first-order valence-electron chi connectivity index (χ1n) is 7.10. The van der Waals surface area contributed by atoms with Crippen molar-refractivity contribution < 1.29 is 0 Å². The van der Waals surface area contributed by atoms with Crippen LogP contribution in [-0.4, -0.2) is 21.6 Å². The number of imidazole rings is 1. The minimum absolute atomic E-state index is 0.211. The van der Waals surface area contributed by atoms with Crippen molar-refractivity contribution in [2.24, 2.45) is 0 Å². The van der Waals surface area contributed by atoms with Gasteiger partial charge in [-0.3, -0.25) is 0 Å². The van der Waals surface area contributed by atoms with E-state index in [4.69, 9.17) is 0 Å². The predicted molar refractivity (Wildman–Crippen MR) is 81.6 cm³/mol. The third-order valence-electron chi connectivity index (χ3n) is 4.08. The molecule has 3 nitrogen and oxygen atoms in total. The van der Waals surface area contributed by atoms with Crippen LogP contribution in [0.25, 0.3) is 11.0 Å². The average Bonchev–Trinajstić information content (AvgIpc) is 2.73. The Morgan fingerprint density at radius 1 is 1.21 bits per heavy atom. The van der Waals surface area contributed by atoms with Crippen molar-refractivity contribution in [2.75, 3.05) is 6.54 Å². The molecule has 1 N–H and O–H groups in total. The number of rotatable bonds is 5. The third kappa shape index (κ3) is 3.16. The zero-order valence-corrected chi connectivity index (χ0v) is 12.7. The molecule has 0 bridgehead atoms. The molecule has 1 heterocycles. The maximum atomic E-state index is 4.49. The smallest absolute Gasteiger partial charge is 0.0958 e. The highest BCUT2D eigenvalue weighted by molar-refractivity contribution is 5.77. The molecule has 0 amide bonds. The van der Waals surface area contributed by atoms with E-state index in [0.717, 1.165) is 25.0 Å². The number of hydrogen-bond acceptors (Lipinski definition) is 2. The van der Waals surface area contributed by atoms with Gasteiger partial charge >= 0.3 is 0 Å². The summed E-state index contributed by atoms with van der Waals surface area (Å²) in [5, 5.41) is 3.59. The van der Waals surface area contributed by atoms with Crippen LogP contribution in [0.5, 0.6) is 0 Å². The van der Waals surface area contributed by atoms with E-state index in [9.17, 15) is 0 Å². The second-order valence-corrected chi connectivity index (χ2v) is 6.03. The summed E-state index contributed by atoms with van der Waals surface area (Å²) in [6.45, 7) is 12.9. The lowest BCUT2D eigenvalue weighted by molar-refractivity contribution is 0.369. The van der Waals surface area contributed by atoms with Crippen LogP contribution in [0.4, 0.5) is 0 Å². The highest BCUT2D eigenvalue weighted by atomic mass is 15.1. The number of benzene rings is 1. The van der Waals surface area contributed by atoms with Crippen LogP contribution >= 0.6 is 0 Å². The summed E-state index contributed by atoms with van der Waals surface area (Å²) in [5.41, 5.74) is 5.18. The van der Waals surface area contributed by atoms with Gasteiger partial charge in [0.05, 0.1) is 17.4 Å². The van der Waals surface area contributed by atoms with Crippen molar-refractivity contribution in [3.8, 4) is 0 Å². The van der Waals surface area contributed by atoms with E-state index in [2.05, 4.69) is 61.6 Å². The number of hydrogen-bond donors (Lipinski definition) is 1. The van der Waals surface area contributed by atoms with Crippen molar-refractivity contribution in [1.29, 1.82) is 0 Å². The largest absolute Gasteiger partial charge is 0.329 e.